The zero-order valence-corrected chi connectivity index (χ0v) is 8.85. The summed E-state index contributed by atoms with van der Waals surface area (Å²) in [6, 6.07) is 9.09. The van der Waals surface area contributed by atoms with Crippen LogP contribution in [0.5, 0.6) is 0 Å². The first kappa shape index (κ1) is 9.58. The average molecular weight is 224 g/mol. The molecule has 0 spiro atoms. The standard InChI is InChI=1S/C10H8O2S2/c11-14(12)10-3-1-2-8(6-10)9-4-5-13-7-9/h1-7H,(H,11,12). The zero-order chi connectivity index (χ0) is 9.97. The Labute approximate surface area is 88.5 Å². The van der Waals surface area contributed by atoms with E-state index in [1.165, 1.54) is 0 Å². The van der Waals surface area contributed by atoms with Gasteiger partial charge in [-0.05, 0) is 40.1 Å². The van der Waals surface area contributed by atoms with E-state index in [1.807, 2.05) is 22.9 Å². The first-order valence-corrected chi connectivity index (χ1v) is 6.06. The molecule has 0 aliphatic heterocycles. The Balaban J connectivity index is 2.46. The van der Waals surface area contributed by atoms with Crippen LogP contribution in [-0.4, -0.2) is 8.76 Å². The van der Waals surface area contributed by atoms with E-state index in [0.29, 0.717) is 4.90 Å². The molecule has 0 bridgehead atoms. The van der Waals surface area contributed by atoms with E-state index in [0.717, 1.165) is 11.1 Å². The van der Waals surface area contributed by atoms with Crippen molar-refractivity contribution in [2.24, 2.45) is 0 Å². The summed E-state index contributed by atoms with van der Waals surface area (Å²) < 4.78 is 19.8. The molecule has 2 nitrogen and oxygen atoms in total. The van der Waals surface area contributed by atoms with Crippen molar-refractivity contribution in [1.82, 2.24) is 0 Å². The van der Waals surface area contributed by atoms with Crippen LogP contribution in [0.25, 0.3) is 11.1 Å². The normalized spacial score (nSPS) is 12.6. The van der Waals surface area contributed by atoms with E-state index < -0.39 is 11.1 Å². The topological polar surface area (TPSA) is 37.3 Å². The van der Waals surface area contributed by atoms with Crippen LogP contribution in [0.4, 0.5) is 0 Å². The summed E-state index contributed by atoms with van der Waals surface area (Å²) in [6.45, 7) is 0. The Hall–Kier alpha value is -0.970. The Kier molecular flexibility index (Phi) is 2.77. The molecule has 0 amide bonds. The van der Waals surface area contributed by atoms with Crippen LogP contribution in [0.3, 0.4) is 0 Å². The average Bonchev–Trinajstić information content (AvgIpc) is 2.71. The highest BCUT2D eigenvalue weighted by molar-refractivity contribution is 7.79. The summed E-state index contributed by atoms with van der Waals surface area (Å²) in [7, 11) is 0. The fraction of sp³-hybridized carbons (Fsp3) is 0. The Bertz CT molecular complexity index is 449. The lowest BCUT2D eigenvalue weighted by Gasteiger charge is -1.99. The SMILES string of the molecule is O=S(O)c1cccc(-c2ccsc2)c1. The largest absolute Gasteiger partial charge is 0.302 e. The lowest BCUT2D eigenvalue weighted by atomic mass is 10.1. The third-order valence-electron chi connectivity index (χ3n) is 1.89. The van der Waals surface area contributed by atoms with Crippen LogP contribution in [0.1, 0.15) is 0 Å². The Morgan fingerprint density at radius 1 is 1.21 bits per heavy atom. The molecule has 0 radical (unpaired) electrons. The molecule has 0 fully saturated rings. The second-order valence-electron chi connectivity index (χ2n) is 2.79. The van der Waals surface area contributed by atoms with Crippen LogP contribution < -0.4 is 0 Å². The molecule has 0 saturated carbocycles. The highest BCUT2D eigenvalue weighted by atomic mass is 32.2. The first-order chi connectivity index (χ1) is 6.77. The second-order valence-corrected chi connectivity index (χ2v) is 4.54. The van der Waals surface area contributed by atoms with Crippen molar-refractivity contribution in [2.75, 3.05) is 0 Å². The van der Waals surface area contributed by atoms with Crippen molar-refractivity contribution < 1.29 is 8.76 Å². The predicted octanol–water partition coefficient (Wildman–Crippen LogP) is 3.00. The van der Waals surface area contributed by atoms with Crippen molar-refractivity contribution >= 4 is 22.4 Å². The van der Waals surface area contributed by atoms with Gasteiger partial charge in [0.2, 0.25) is 0 Å². The van der Waals surface area contributed by atoms with Gasteiger partial charge in [-0.25, -0.2) is 4.21 Å². The van der Waals surface area contributed by atoms with Gasteiger partial charge in [0.25, 0.3) is 0 Å². The fourth-order valence-corrected chi connectivity index (χ4v) is 2.30. The van der Waals surface area contributed by atoms with Gasteiger partial charge in [-0.15, -0.1) is 0 Å². The molecule has 4 heteroatoms. The molecule has 14 heavy (non-hydrogen) atoms. The van der Waals surface area contributed by atoms with E-state index in [2.05, 4.69) is 0 Å². The molecular formula is C10H8O2S2. The van der Waals surface area contributed by atoms with Crippen LogP contribution in [0.2, 0.25) is 0 Å². The lowest BCUT2D eigenvalue weighted by molar-refractivity contribution is 0.564. The maximum absolute atomic E-state index is 10.8. The van der Waals surface area contributed by atoms with Crippen LogP contribution >= 0.6 is 11.3 Å². The minimum Gasteiger partial charge on any atom is -0.302 e. The summed E-state index contributed by atoms with van der Waals surface area (Å²) in [5.41, 5.74) is 2.06. The molecule has 0 aliphatic rings. The molecule has 1 N–H and O–H groups in total. The zero-order valence-electron chi connectivity index (χ0n) is 7.21. The van der Waals surface area contributed by atoms with Crippen LogP contribution in [0.15, 0.2) is 46.0 Å². The number of thiophene rings is 1. The van der Waals surface area contributed by atoms with Gasteiger partial charge in [-0.2, -0.15) is 11.3 Å². The van der Waals surface area contributed by atoms with Gasteiger partial charge in [0, 0.05) is 0 Å². The first-order valence-electron chi connectivity index (χ1n) is 4.01. The molecule has 1 heterocycles. The molecule has 1 aromatic carbocycles. The van der Waals surface area contributed by atoms with E-state index >= 15 is 0 Å². The maximum atomic E-state index is 10.8. The third-order valence-corrected chi connectivity index (χ3v) is 3.23. The molecule has 2 aromatic rings. The monoisotopic (exact) mass is 224 g/mol. The van der Waals surface area contributed by atoms with Gasteiger partial charge in [-0.1, -0.05) is 12.1 Å². The highest BCUT2D eigenvalue weighted by Gasteiger charge is 2.02. The molecule has 0 aliphatic carbocycles. The second kappa shape index (κ2) is 4.04. The van der Waals surface area contributed by atoms with Gasteiger partial charge in [0.05, 0.1) is 4.90 Å². The highest BCUT2D eigenvalue weighted by Crippen LogP contribution is 2.23. The van der Waals surface area contributed by atoms with Crippen LogP contribution in [-0.2, 0) is 11.1 Å². The molecule has 1 atom stereocenters. The minimum atomic E-state index is -1.90. The Morgan fingerprint density at radius 3 is 2.71 bits per heavy atom. The minimum absolute atomic E-state index is 0.439. The van der Waals surface area contributed by atoms with Crippen molar-refractivity contribution in [2.45, 2.75) is 4.90 Å². The molecule has 1 aromatic heterocycles. The lowest BCUT2D eigenvalue weighted by Crippen LogP contribution is -1.87. The molecule has 0 saturated heterocycles. The molecular weight excluding hydrogens is 216 g/mol. The summed E-state index contributed by atoms with van der Waals surface area (Å²) >= 11 is -0.287. The summed E-state index contributed by atoms with van der Waals surface area (Å²) in [5, 5.41) is 4.00. The third kappa shape index (κ3) is 1.92. The predicted molar refractivity (Wildman–Crippen MR) is 58.8 cm³/mol. The maximum Gasteiger partial charge on any atom is 0.186 e. The molecule has 2 rings (SSSR count). The number of benzene rings is 1. The van der Waals surface area contributed by atoms with Gasteiger partial charge in [0.15, 0.2) is 11.1 Å². The van der Waals surface area contributed by atoms with Gasteiger partial charge in [-0.3, -0.25) is 0 Å². The fourth-order valence-electron chi connectivity index (χ4n) is 1.21. The van der Waals surface area contributed by atoms with E-state index in [-0.39, 0.29) is 0 Å². The van der Waals surface area contributed by atoms with Gasteiger partial charge in [0.1, 0.15) is 0 Å². The van der Waals surface area contributed by atoms with Crippen molar-refractivity contribution in [1.29, 1.82) is 0 Å². The molecule has 1 unspecified atom stereocenters. The van der Waals surface area contributed by atoms with Crippen LogP contribution in [0, 0.1) is 0 Å². The number of rotatable bonds is 2. The van der Waals surface area contributed by atoms with Crippen molar-refractivity contribution in [3.63, 3.8) is 0 Å². The van der Waals surface area contributed by atoms with Gasteiger partial charge >= 0.3 is 0 Å². The summed E-state index contributed by atoms with van der Waals surface area (Å²) in [6.07, 6.45) is 0. The Morgan fingerprint density at radius 2 is 2.07 bits per heavy atom. The van der Waals surface area contributed by atoms with E-state index in [9.17, 15) is 4.21 Å². The quantitative estimate of drug-likeness (QED) is 0.796. The number of hydrogen-bond donors (Lipinski definition) is 1. The van der Waals surface area contributed by atoms with E-state index in [1.54, 1.807) is 29.5 Å². The van der Waals surface area contributed by atoms with Gasteiger partial charge < -0.3 is 4.55 Å². The van der Waals surface area contributed by atoms with E-state index in [4.69, 9.17) is 4.55 Å². The summed E-state index contributed by atoms with van der Waals surface area (Å²) in [4.78, 5) is 0.439. The smallest absolute Gasteiger partial charge is 0.186 e. The summed E-state index contributed by atoms with van der Waals surface area (Å²) in [5.74, 6) is 0. The molecule has 72 valence electrons. The van der Waals surface area contributed by atoms with Crippen molar-refractivity contribution in [3.8, 4) is 11.1 Å². The van der Waals surface area contributed by atoms with Crippen molar-refractivity contribution in [3.05, 3.63) is 41.1 Å². The number of hydrogen-bond acceptors (Lipinski definition) is 2.